The second-order valence-electron chi connectivity index (χ2n) is 0.941. The molecule has 0 bridgehead atoms. The van der Waals surface area contributed by atoms with E-state index in [0.29, 0.717) is 5.84 Å². The summed E-state index contributed by atoms with van der Waals surface area (Å²) < 4.78 is 0. The van der Waals surface area contributed by atoms with Gasteiger partial charge in [-0.05, 0) is 6.08 Å². The molecule has 0 heterocycles. The molecule has 0 aromatic carbocycles. The van der Waals surface area contributed by atoms with E-state index in [1.807, 2.05) is 13.8 Å². The van der Waals surface area contributed by atoms with E-state index in [1.165, 1.54) is 12.3 Å². The maximum Gasteiger partial charge on any atom is 0.122 e. The molecule has 2 nitrogen and oxygen atoms in total. The number of amidine groups is 1. The van der Waals surface area contributed by atoms with Crippen LogP contribution >= 0.6 is 0 Å². The summed E-state index contributed by atoms with van der Waals surface area (Å²) in [5.74, 6) is 0.398. The van der Waals surface area contributed by atoms with Crippen molar-refractivity contribution in [2.75, 3.05) is 0 Å². The summed E-state index contributed by atoms with van der Waals surface area (Å²) in [6.45, 7) is 10.7. The Labute approximate surface area is 56.8 Å². The lowest BCUT2D eigenvalue weighted by Crippen LogP contribution is -2.05. The molecule has 2 heteroatoms. The van der Waals surface area contributed by atoms with Crippen molar-refractivity contribution in [3.63, 3.8) is 0 Å². The first-order chi connectivity index (χ1) is 4.31. The van der Waals surface area contributed by atoms with E-state index in [4.69, 9.17) is 5.73 Å². The molecule has 9 heavy (non-hydrogen) atoms. The second-order valence-corrected chi connectivity index (χ2v) is 0.941. The number of nitrogens with two attached hydrogens (primary N) is 1. The molecule has 0 atom stereocenters. The van der Waals surface area contributed by atoms with Crippen LogP contribution in [0.2, 0.25) is 0 Å². The van der Waals surface area contributed by atoms with Gasteiger partial charge in [-0.25, -0.2) is 4.99 Å². The van der Waals surface area contributed by atoms with Crippen LogP contribution in [0.25, 0.3) is 0 Å². The van der Waals surface area contributed by atoms with Crippen LogP contribution in [0.15, 0.2) is 30.4 Å². The normalized spacial score (nSPS) is 8.89. The summed E-state index contributed by atoms with van der Waals surface area (Å²) in [5, 5.41) is 0. The van der Waals surface area contributed by atoms with Crippen LogP contribution in [0.5, 0.6) is 0 Å². The number of hydrogen-bond acceptors (Lipinski definition) is 1. The molecule has 0 rings (SSSR count). The average molecular weight is 126 g/mol. The van der Waals surface area contributed by atoms with Crippen LogP contribution in [-0.2, 0) is 0 Å². The van der Waals surface area contributed by atoms with Crippen molar-refractivity contribution < 1.29 is 0 Å². The van der Waals surface area contributed by atoms with Crippen molar-refractivity contribution in [1.82, 2.24) is 0 Å². The van der Waals surface area contributed by atoms with Gasteiger partial charge in [-0.2, -0.15) is 0 Å². The second kappa shape index (κ2) is 10.0. The molecule has 0 aliphatic carbocycles. The Kier molecular flexibility index (Phi) is 12.1. The van der Waals surface area contributed by atoms with Gasteiger partial charge < -0.3 is 5.73 Å². The van der Waals surface area contributed by atoms with E-state index in [-0.39, 0.29) is 0 Å². The highest BCUT2D eigenvalue weighted by Gasteiger charge is 1.70. The lowest BCUT2D eigenvalue weighted by Gasteiger charge is -1.80. The largest absolute Gasteiger partial charge is 0.384 e. The SMILES string of the molecule is C=CN=C(N)C=C.CC. The van der Waals surface area contributed by atoms with Gasteiger partial charge in [-0.3, -0.25) is 0 Å². The van der Waals surface area contributed by atoms with Crippen LogP contribution in [0.1, 0.15) is 13.8 Å². The zero-order valence-corrected chi connectivity index (χ0v) is 6.09. The van der Waals surface area contributed by atoms with Gasteiger partial charge in [0.15, 0.2) is 0 Å². The van der Waals surface area contributed by atoms with Crippen molar-refractivity contribution in [2.24, 2.45) is 10.7 Å². The molecule has 0 aromatic heterocycles. The van der Waals surface area contributed by atoms with Crippen molar-refractivity contribution in [3.8, 4) is 0 Å². The van der Waals surface area contributed by atoms with E-state index in [9.17, 15) is 0 Å². The quantitative estimate of drug-likeness (QED) is 0.444. The monoisotopic (exact) mass is 126 g/mol. The van der Waals surface area contributed by atoms with Gasteiger partial charge in [-0.1, -0.05) is 27.0 Å². The summed E-state index contributed by atoms with van der Waals surface area (Å²) in [7, 11) is 0. The third-order valence-electron chi connectivity index (χ3n) is 0.449. The molecule has 0 aromatic rings. The van der Waals surface area contributed by atoms with Gasteiger partial charge >= 0.3 is 0 Å². The van der Waals surface area contributed by atoms with E-state index in [0.717, 1.165) is 0 Å². The van der Waals surface area contributed by atoms with Crippen molar-refractivity contribution in [3.05, 3.63) is 25.4 Å². The summed E-state index contributed by atoms with van der Waals surface area (Å²) in [6, 6.07) is 0. The maximum absolute atomic E-state index is 5.14. The predicted molar refractivity (Wildman–Crippen MR) is 43.4 cm³/mol. The first-order valence-corrected chi connectivity index (χ1v) is 2.88. The molecule has 0 aliphatic heterocycles. The summed E-state index contributed by atoms with van der Waals surface area (Å²) in [4.78, 5) is 3.58. The minimum absolute atomic E-state index is 0.398. The molecule has 0 spiro atoms. The van der Waals surface area contributed by atoms with E-state index >= 15 is 0 Å². The minimum atomic E-state index is 0.398. The number of hydrogen-bond donors (Lipinski definition) is 1. The zero-order valence-electron chi connectivity index (χ0n) is 6.09. The molecule has 0 saturated heterocycles. The van der Waals surface area contributed by atoms with Crippen molar-refractivity contribution in [1.29, 1.82) is 0 Å². The minimum Gasteiger partial charge on any atom is -0.384 e. The van der Waals surface area contributed by atoms with Gasteiger partial charge in [0.1, 0.15) is 5.84 Å². The Hall–Kier alpha value is -1.05. The van der Waals surface area contributed by atoms with Crippen molar-refractivity contribution >= 4 is 5.84 Å². The molecule has 52 valence electrons. The molecular formula is C7H14N2. The van der Waals surface area contributed by atoms with Gasteiger partial charge in [0, 0.05) is 6.20 Å². The topological polar surface area (TPSA) is 38.4 Å². The fourth-order valence-electron chi connectivity index (χ4n) is 0.158. The molecular weight excluding hydrogens is 112 g/mol. The Balaban J connectivity index is 0. The smallest absolute Gasteiger partial charge is 0.122 e. The summed E-state index contributed by atoms with van der Waals surface area (Å²) in [5.41, 5.74) is 5.14. The first kappa shape index (κ1) is 10.8. The third-order valence-corrected chi connectivity index (χ3v) is 0.449. The number of nitrogens with zero attached hydrogens (tertiary/aromatic N) is 1. The Bertz CT molecular complexity index is 103. The van der Waals surface area contributed by atoms with Gasteiger partial charge in [0.05, 0.1) is 0 Å². The van der Waals surface area contributed by atoms with Gasteiger partial charge in [0.25, 0.3) is 0 Å². The molecule has 0 aliphatic rings. The Morgan fingerprint density at radius 3 is 2.00 bits per heavy atom. The van der Waals surface area contributed by atoms with Crippen LogP contribution in [0.3, 0.4) is 0 Å². The molecule has 0 amide bonds. The fraction of sp³-hybridized carbons (Fsp3) is 0.286. The molecule has 2 N–H and O–H groups in total. The summed E-state index contributed by atoms with van der Waals surface area (Å²) >= 11 is 0. The van der Waals surface area contributed by atoms with Crippen LogP contribution in [0.4, 0.5) is 0 Å². The molecule has 0 radical (unpaired) electrons. The number of aliphatic imine (C=N–C) groups is 1. The Morgan fingerprint density at radius 1 is 1.44 bits per heavy atom. The van der Waals surface area contributed by atoms with Crippen molar-refractivity contribution in [2.45, 2.75) is 13.8 Å². The van der Waals surface area contributed by atoms with Crippen LogP contribution in [-0.4, -0.2) is 5.84 Å². The van der Waals surface area contributed by atoms with Gasteiger partial charge in [-0.15, -0.1) is 0 Å². The van der Waals surface area contributed by atoms with Crippen LogP contribution in [0, 0.1) is 0 Å². The summed E-state index contributed by atoms with van der Waals surface area (Å²) in [6.07, 6.45) is 2.83. The van der Waals surface area contributed by atoms with E-state index in [1.54, 1.807) is 0 Å². The van der Waals surface area contributed by atoms with Crippen LogP contribution < -0.4 is 5.73 Å². The third kappa shape index (κ3) is 10.9. The molecule has 0 unspecified atom stereocenters. The highest BCUT2D eigenvalue weighted by atomic mass is 14.8. The first-order valence-electron chi connectivity index (χ1n) is 2.88. The fourth-order valence-corrected chi connectivity index (χ4v) is 0.158. The molecule has 0 fully saturated rings. The van der Waals surface area contributed by atoms with E-state index < -0.39 is 0 Å². The zero-order chi connectivity index (χ0) is 7.70. The van der Waals surface area contributed by atoms with Gasteiger partial charge in [0.2, 0.25) is 0 Å². The highest BCUT2D eigenvalue weighted by molar-refractivity contribution is 5.91. The van der Waals surface area contributed by atoms with E-state index in [2.05, 4.69) is 18.2 Å². The lowest BCUT2D eigenvalue weighted by molar-refractivity contribution is 1.50. The number of rotatable bonds is 2. The maximum atomic E-state index is 5.14. The predicted octanol–water partition coefficient (Wildman–Crippen LogP) is 1.70. The average Bonchev–Trinajstić information content (AvgIpc) is 1.93. The standard InChI is InChI=1S/C5H8N2.C2H6/c1-3-5(6)7-4-2;1-2/h3-4H,1-2H2,(H2,6,7);1-2H3. The molecule has 0 saturated carbocycles. The lowest BCUT2D eigenvalue weighted by atomic mass is 10.6. The highest BCUT2D eigenvalue weighted by Crippen LogP contribution is 1.68. The Morgan fingerprint density at radius 2 is 1.89 bits per heavy atom.